The number of amides is 1. The number of thiocarbonyl (C=S) groups is 1. The molecule has 0 aliphatic rings. The molecule has 0 saturated heterocycles. The standard InChI is InChI=1S/C9H18N2O2S/c1-3-4-7(6-13-2)11-9(12)5-8(10)14/h7H,3-6H2,1-2H3,(H2,10,14)(H,11,12). The Kier molecular flexibility index (Phi) is 7.32. The highest BCUT2D eigenvalue weighted by atomic mass is 32.1. The fraction of sp³-hybridized carbons (Fsp3) is 0.778. The molecule has 0 aromatic heterocycles. The van der Waals surface area contributed by atoms with Crippen molar-refractivity contribution in [1.29, 1.82) is 0 Å². The van der Waals surface area contributed by atoms with Gasteiger partial charge in [0, 0.05) is 7.11 Å². The number of nitrogens with one attached hydrogen (secondary N) is 1. The van der Waals surface area contributed by atoms with Crippen molar-refractivity contribution >= 4 is 23.1 Å². The molecule has 0 spiro atoms. The van der Waals surface area contributed by atoms with Crippen LogP contribution >= 0.6 is 12.2 Å². The minimum atomic E-state index is -0.131. The molecule has 0 radical (unpaired) electrons. The fourth-order valence-electron chi connectivity index (χ4n) is 1.18. The molecule has 0 heterocycles. The van der Waals surface area contributed by atoms with Gasteiger partial charge < -0.3 is 15.8 Å². The van der Waals surface area contributed by atoms with Crippen LogP contribution in [0.1, 0.15) is 26.2 Å². The van der Waals surface area contributed by atoms with E-state index in [2.05, 4.69) is 24.5 Å². The number of rotatable bonds is 7. The van der Waals surface area contributed by atoms with Crippen LogP contribution < -0.4 is 11.1 Å². The Labute approximate surface area is 90.2 Å². The van der Waals surface area contributed by atoms with Crippen LogP contribution in [0.15, 0.2) is 0 Å². The monoisotopic (exact) mass is 218 g/mol. The first-order valence-electron chi connectivity index (χ1n) is 4.66. The topological polar surface area (TPSA) is 64.3 Å². The summed E-state index contributed by atoms with van der Waals surface area (Å²) in [5, 5.41) is 2.82. The molecule has 1 atom stereocenters. The molecule has 5 heteroatoms. The minimum Gasteiger partial charge on any atom is -0.393 e. The zero-order valence-corrected chi connectivity index (χ0v) is 9.52. The maximum Gasteiger partial charge on any atom is 0.227 e. The third-order valence-electron chi connectivity index (χ3n) is 1.70. The highest BCUT2D eigenvalue weighted by Crippen LogP contribution is 1.97. The van der Waals surface area contributed by atoms with Crippen LogP contribution in [-0.2, 0) is 9.53 Å². The van der Waals surface area contributed by atoms with E-state index in [1.165, 1.54) is 0 Å². The number of carbonyl (C=O) groups is 1. The van der Waals surface area contributed by atoms with Crippen molar-refractivity contribution in [3.8, 4) is 0 Å². The van der Waals surface area contributed by atoms with E-state index in [4.69, 9.17) is 10.5 Å². The van der Waals surface area contributed by atoms with E-state index in [9.17, 15) is 4.79 Å². The number of methoxy groups -OCH3 is 1. The third-order valence-corrected chi connectivity index (χ3v) is 1.85. The van der Waals surface area contributed by atoms with Gasteiger partial charge in [0.2, 0.25) is 5.91 Å². The summed E-state index contributed by atoms with van der Waals surface area (Å²) in [6.45, 7) is 2.58. The average Bonchev–Trinajstić information content (AvgIpc) is 2.03. The summed E-state index contributed by atoms with van der Waals surface area (Å²) in [5.74, 6) is -0.131. The van der Waals surface area contributed by atoms with Crippen LogP contribution in [0.3, 0.4) is 0 Å². The lowest BCUT2D eigenvalue weighted by Crippen LogP contribution is -2.39. The number of hydrogen-bond acceptors (Lipinski definition) is 3. The SMILES string of the molecule is CCCC(COC)NC(=O)CC(N)=S. The van der Waals surface area contributed by atoms with E-state index >= 15 is 0 Å². The van der Waals surface area contributed by atoms with Gasteiger partial charge in [-0.1, -0.05) is 25.6 Å². The summed E-state index contributed by atoms with van der Waals surface area (Å²) >= 11 is 4.64. The summed E-state index contributed by atoms with van der Waals surface area (Å²) in [6.07, 6.45) is 2.01. The first kappa shape index (κ1) is 13.3. The molecule has 0 rings (SSSR count). The second-order valence-corrected chi connectivity index (χ2v) is 3.68. The summed E-state index contributed by atoms with van der Waals surface area (Å²) < 4.78 is 4.98. The zero-order chi connectivity index (χ0) is 11.0. The van der Waals surface area contributed by atoms with Crippen LogP contribution in [0.2, 0.25) is 0 Å². The first-order chi connectivity index (χ1) is 6.60. The van der Waals surface area contributed by atoms with Crippen molar-refractivity contribution < 1.29 is 9.53 Å². The Balaban J connectivity index is 3.88. The molecule has 0 aliphatic heterocycles. The minimum absolute atomic E-state index is 0.0619. The van der Waals surface area contributed by atoms with E-state index < -0.39 is 0 Å². The summed E-state index contributed by atoms with van der Waals surface area (Å²) in [4.78, 5) is 11.5. The summed E-state index contributed by atoms with van der Waals surface area (Å²) in [6, 6.07) is 0.0619. The molecular formula is C9H18N2O2S. The first-order valence-corrected chi connectivity index (χ1v) is 5.07. The molecule has 82 valence electrons. The Morgan fingerprint density at radius 2 is 2.29 bits per heavy atom. The van der Waals surface area contributed by atoms with Crippen molar-refractivity contribution in [3.05, 3.63) is 0 Å². The van der Waals surface area contributed by atoms with Crippen molar-refractivity contribution in [1.82, 2.24) is 5.32 Å². The van der Waals surface area contributed by atoms with E-state index in [1.807, 2.05) is 0 Å². The average molecular weight is 218 g/mol. The summed E-state index contributed by atoms with van der Waals surface area (Å²) in [5.41, 5.74) is 5.26. The lowest BCUT2D eigenvalue weighted by atomic mass is 10.2. The molecule has 0 fully saturated rings. The largest absolute Gasteiger partial charge is 0.393 e. The maximum absolute atomic E-state index is 11.3. The van der Waals surface area contributed by atoms with Gasteiger partial charge in [-0.2, -0.15) is 0 Å². The van der Waals surface area contributed by atoms with Crippen LogP contribution in [0.4, 0.5) is 0 Å². The Morgan fingerprint density at radius 1 is 1.64 bits per heavy atom. The fourth-order valence-corrected chi connectivity index (χ4v) is 1.31. The summed E-state index contributed by atoms with van der Waals surface area (Å²) in [7, 11) is 1.61. The van der Waals surface area contributed by atoms with Gasteiger partial charge in [-0.05, 0) is 6.42 Å². The van der Waals surface area contributed by atoms with Gasteiger partial charge in [-0.3, -0.25) is 4.79 Å². The molecule has 3 N–H and O–H groups in total. The van der Waals surface area contributed by atoms with E-state index in [0.717, 1.165) is 12.8 Å². The highest BCUT2D eigenvalue weighted by molar-refractivity contribution is 7.80. The molecule has 0 aromatic rings. The quantitative estimate of drug-likeness (QED) is 0.614. The van der Waals surface area contributed by atoms with Gasteiger partial charge in [0.05, 0.1) is 24.1 Å². The molecule has 1 unspecified atom stereocenters. The Hall–Kier alpha value is -0.680. The maximum atomic E-state index is 11.3. The second-order valence-electron chi connectivity index (χ2n) is 3.15. The van der Waals surface area contributed by atoms with Gasteiger partial charge in [0.15, 0.2) is 0 Å². The molecule has 0 aliphatic carbocycles. The van der Waals surface area contributed by atoms with Crippen LogP contribution in [-0.4, -0.2) is 30.7 Å². The van der Waals surface area contributed by atoms with E-state index in [1.54, 1.807) is 7.11 Å². The second kappa shape index (κ2) is 7.70. The smallest absolute Gasteiger partial charge is 0.227 e. The zero-order valence-electron chi connectivity index (χ0n) is 8.71. The highest BCUT2D eigenvalue weighted by Gasteiger charge is 2.11. The Morgan fingerprint density at radius 3 is 2.71 bits per heavy atom. The third kappa shape index (κ3) is 6.80. The van der Waals surface area contributed by atoms with Crippen LogP contribution in [0.5, 0.6) is 0 Å². The van der Waals surface area contributed by atoms with Gasteiger partial charge >= 0.3 is 0 Å². The molecule has 0 bridgehead atoms. The predicted octanol–water partition coefficient (Wildman–Crippen LogP) is 0.594. The van der Waals surface area contributed by atoms with Crippen LogP contribution in [0.25, 0.3) is 0 Å². The van der Waals surface area contributed by atoms with Crippen molar-refractivity contribution in [3.63, 3.8) is 0 Å². The van der Waals surface area contributed by atoms with Gasteiger partial charge in [-0.15, -0.1) is 0 Å². The normalized spacial score (nSPS) is 12.1. The molecule has 1 amide bonds. The number of ether oxygens (including phenoxy) is 1. The number of hydrogen-bond donors (Lipinski definition) is 2. The van der Waals surface area contributed by atoms with Gasteiger partial charge in [0.25, 0.3) is 0 Å². The van der Waals surface area contributed by atoms with E-state index in [-0.39, 0.29) is 23.4 Å². The van der Waals surface area contributed by atoms with Gasteiger partial charge in [0.1, 0.15) is 0 Å². The molecule has 4 nitrogen and oxygen atoms in total. The Bertz CT molecular complexity index is 191. The van der Waals surface area contributed by atoms with Gasteiger partial charge in [-0.25, -0.2) is 0 Å². The van der Waals surface area contributed by atoms with Crippen molar-refractivity contribution in [2.24, 2.45) is 5.73 Å². The molecule has 0 saturated carbocycles. The predicted molar refractivity (Wildman–Crippen MR) is 60.1 cm³/mol. The van der Waals surface area contributed by atoms with Crippen molar-refractivity contribution in [2.75, 3.05) is 13.7 Å². The van der Waals surface area contributed by atoms with Crippen LogP contribution in [0, 0.1) is 0 Å². The lowest BCUT2D eigenvalue weighted by molar-refractivity contribution is -0.121. The van der Waals surface area contributed by atoms with E-state index in [0.29, 0.717) is 6.61 Å². The number of nitrogens with two attached hydrogens (primary N) is 1. The molecule has 0 aromatic carbocycles. The molecule has 14 heavy (non-hydrogen) atoms. The number of carbonyl (C=O) groups excluding carboxylic acids is 1. The molecular weight excluding hydrogens is 200 g/mol. The lowest BCUT2D eigenvalue weighted by Gasteiger charge is -2.16. The van der Waals surface area contributed by atoms with Crippen molar-refractivity contribution in [2.45, 2.75) is 32.2 Å².